The summed E-state index contributed by atoms with van der Waals surface area (Å²) in [6, 6.07) is 11.1. The summed E-state index contributed by atoms with van der Waals surface area (Å²) in [4.78, 5) is 12.5. The van der Waals surface area contributed by atoms with Crippen LogP contribution >= 0.6 is 0 Å². The maximum absolute atomic E-state index is 12.5. The third-order valence-corrected chi connectivity index (χ3v) is 3.28. The number of hydrogen-bond donors (Lipinski definition) is 1. The van der Waals surface area contributed by atoms with Crippen LogP contribution in [0.2, 0.25) is 0 Å². The van der Waals surface area contributed by atoms with Gasteiger partial charge in [-0.25, -0.2) is 0 Å². The van der Waals surface area contributed by atoms with Crippen molar-refractivity contribution in [3.63, 3.8) is 0 Å². The molecule has 0 fully saturated rings. The molecule has 0 unspecified atom stereocenters. The van der Waals surface area contributed by atoms with Gasteiger partial charge < -0.3 is 14.8 Å². The van der Waals surface area contributed by atoms with Crippen LogP contribution in [0, 0.1) is 13.8 Å². The molecule has 0 atom stereocenters. The summed E-state index contributed by atoms with van der Waals surface area (Å²) in [5, 5.41) is 2.91. The lowest BCUT2D eigenvalue weighted by Crippen LogP contribution is -2.14. The van der Waals surface area contributed by atoms with Gasteiger partial charge in [0.25, 0.3) is 5.91 Å². The maximum atomic E-state index is 12.5. The predicted octanol–water partition coefficient (Wildman–Crippen LogP) is 3.57. The number of rotatable bonds is 4. The number of methoxy groups -OCH3 is 2. The molecule has 1 N–H and O–H groups in total. The molecular formula is C17H19NO3. The molecule has 0 aliphatic heterocycles. The Kier molecular flexibility index (Phi) is 4.48. The van der Waals surface area contributed by atoms with Crippen molar-refractivity contribution in [1.82, 2.24) is 0 Å². The van der Waals surface area contributed by atoms with Crippen molar-refractivity contribution in [3.05, 3.63) is 53.1 Å². The minimum atomic E-state index is -0.224. The zero-order valence-electron chi connectivity index (χ0n) is 12.7. The Labute approximate surface area is 124 Å². The van der Waals surface area contributed by atoms with Gasteiger partial charge in [-0.1, -0.05) is 23.8 Å². The van der Waals surface area contributed by atoms with E-state index >= 15 is 0 Å². The molecule has 0 radical (unpaired) electrons. The van der Waals surface area contributed by atoms with Gasteiger partial charge in [0, 0.05) is 5.69 Å². The molecule has 0 saturated carbocycles. The number of benzene rings is 2. The zero-order valence-corrected chi connectivity index (χ0v) is 12.7. The molecule has 4 heteroatoms. The van der Waals surface area contributed by atoms with Gasteiger partial charge in [0.2, 0.25) is 0 Å². The molecule has 0 bridgehead atoms. The standard InChI is InChI=1S/C17H19NO3/c1-11-8-9-14(12(2)10-11)18-17(19)13-6-5-7-15(20-3)16(13)21-4/h5-10H,1-4H3,(H,18,19). The van der Waals surface area contributed by atoms with Crippen molar-refractivity contribution < 1.29 is 14.3 Å². The van der Waals surface area contributed by atoms with E-state index in [-0.39, 0.29) is 5.91 Å². The van der Waals surface area contributed by atoms with Gasteiger partial charge in [-0.2, -0.15) is 0 Å². The summed E-state index contributed by atoms with van der Waals surface area (Å²) in [5.41, 5.74) is 3.40. The number of nitrogens with one attached hydrogen (secondary N) is 1. The first kappa shape index (κ1) is 14.9. The van der Waals surface area contributed by atoms with Crippen LogP contribution < -0.4 is 14.8 Å². The molecule has 2 aromatic carbocycles. The van der Waals surface area contributed by atoms with Gasteiger partial charge in [0.15, 0.2) is 11.5 Å². The summed E-state index contributed by atoms with van der Waals surface area (Å²) in [5.74, 6) is 0.741. The first-order valence-corrected chi connectivity index (χ1v) is 6.66. The summed E-state index contributed by atoms with van der Waals surface area (Å²) < 4.78 is 10.5. The summed E-state index contributed by atoms with van der Waals surface area (Å²) in [6.45, 7) is 3.98. The maximum Gasteiger partial charge on any atom is 0.259 e. The van der Waals surface area contributed by atoms with Crippen LogP contribution in [0.1, 0.15) is 21.5 Å². The average Bonchev–Trinajstić information content (AvgIpc) is 2.49. The van der Waals surface area contributed by atoms with E-state index in [0.29, 0.717) is 17.1 Å². The second-order valence-electron chi connectivity index (χ2n) is 4.81. The van der Waals surface area contributed by atoms with Crippen molar-refractivity contribution in [1.29, 1.82) is 0 Å². The third-order valence-electron chi connectivity index (χ3n) is 3.28. The van der Waals surface area contributed by atoms with Crippen LogP contribution in [0.3, 0.4) is 0 Å². The Morgan fingerprint density at radius 3 is 2.43 bits per heavy atom. The van der Waals surface area contributed by atoms with Gasteiger partial charge in [0.1, 0.15) is 0 Å². The Balaban J connectivity index is 2.32. The Bertz CT molecular complexity index is 665. The van der Waals surface area contributed by atoms with Crippen molar-refractivity contribution in [2.75, 3.05) is 19.5 Å². The zero-order chi connectivity index (χ0) is 15.4. The number of carbonyl (C=O) groups excluding carboxylic acids is 1. The number of para-hydroxylation sites is 1. The van der Waals surface area contributed by atoms with Crippen LogP contribution in [0.5, 0.6) is 11.5 Å². The highest BCUT2D eigenvalue weighted by atomic mass is 16.5. The summed E-state index contributed by atoms with van der Waals surface area (Å²) in [6.07, 6.45) is 0. The van der Waals surface area contributed by atoms with E-state index in [4.69, 9.17) is 9.47 Å². The van der Waals surface area contributed by atoms with E-state index in [9.17, 15) is 4.79 Å². The molecule has 1 amide bonds. The van der Waals surface area contributed by atoms with E-state index < -0.39 is 0 Å². The molecule has 21 heavy (non-hydrogen) atoms. The molecule has 0 aliphatic rings. The Morgan fingerprint density at radius 2 is 1.81 bits per heavy atom. The lowest BCUT2D eigenvalue weighted by atomic mass is 10.1. The molecule has 0 aromatic heterocycles. The van der Waals surface area contributed by atoms with Crippen molar-refractivity contribution in [2.45, 2.75) is 13.8 Å². The third kappa shape index (κ3) is 3.16. The quantitative estimate of drug-likeness (QED) is 0.934. The monoisotopic (exact) mass is 285 g/mol. The lowest BCUT2D eigenvalue weighted by Gasteiger charge is -2.13. The lowest BCUT2D eigenvalue weighted by molar-refractivity contribution is 0.102. The smallest absolute Gasteiger partial charge is 0.259 e. The molecule has 2 rings (SSSR count). The minimum Gasteiger partial charge on any atom is -0.493 e. The number of carbonyl (C=O) groups is 1. The van der Waals surface area contributed by atoms with E-state index in [1.54, 1.807) is 25.3 Å². The predicted molar refractivity (Wildman–Crippen MR) is 83.4 cm³/mol. The van der Waals surface area contributed by atoms with Gasteiger partial charge in [-0.05, 0) is 37.6 Å². The summed E-state index contributed by atoms with van der Waals surface area (Å²) in [7, 11) is 3.06. The van der Waals surface area contributed by atoms with Crippen LogP contribution in [0.15, 0.2) is 36.4 Å². The highest BCUT2D eigenvalue weighted by molar-refractivity contribution is 6.07. The molecule has 0 spiro atoms. The molecule has 4 nitrogen and oxygen atoms in total. The summed E-state index contributed by atoms with van der Waals surface area (Å²) >= 11 is 0. The van der Waals surface area contributed by atoms with E-state index in [1.807, 2.05) is 32.0 Å². The Morgan fingerprint density at radius 1 is 1.05 bits per heavy atom. The van der Waals surface area contributed by atoms with Gasteiger partial charge >= 0.3 is 0 Å². The van der Waals surface area contributed by atoms with Crippen molar-refractivity contribution in [3.8, 4) is 11.5 Å². The minimum absolute atomic E-state index is 0.224. The number of hydrogen-bond acceptors (Lipinski definition) is 3. The molecule has 0 saturated heterocycles. The van der Waals surface area contributed by atoms with Crippen LogP contribution in [0.4, 0.5) is 5.69 Å². The highest BCUT2D eigenvalue weighted by Gasteiger charge is 2.16. The largest absolute Gasteiger partial charge is 0.493 e. The van der Waals surface area contributed by atoms with Gasteiger partial charge in [0.05, 0.1) is 19.8 Å². The molecule has 110 valence electrons. The fourth-order valence-corrected chi connectivity index (χ4v) is 2.21. The first-order chi connectivity index (χ1) is 10.1. The van der Waals surface area contributed by atoms with E-state index in [0.717, 1.165) is 16.8 Å². The number of ether oxygens (including phenoxy) is 2. The molecule has 0 aliphatic carbocycles. The fourth-order valence-electron chi connectivity index (χ4n) is 2.21. The second kappa shape index (κ2) is 6.31. The molecule has 0 heterocycles. The highest BCUT2D eigenvalue weighted by Crippen LogP contribution is 2.31. The number of aryl methyl sites for hydroxylation is 2. The fraction of sp³-hybridized carbons (Fsp3) is 0.235. The van der Waals surface area contributed by atoms with Crippen LogP contribution in [-0.2, 0) is 0 Å². The number of amides is 1. The Hall–Kier alpha value is -2.49. The van der Waals surface area contributed by atoms with Crippen molar-refractivity contribution in [2.24, 2.45) is 0 Å². The number of anilines is 1. The first-order valence-electron chi connectivity index (χ1n) is 6.66. The average molecular weight is 285 g/mol. The van der Waals surface area contributed by atoms with Crippen LogP contribution in [0.25, 0.3) is 0 Å². The van der Waals surface area contributed by atoms with E-state index in [1.165, 1.54) is 7.11 Å². The van der Waals surface area contributed by atoms with E-state index in [2.05, 4.69) is 5.32 Å². The van der Waals surface area contributed by atoms with Crippen molar-refractivity contribution >= 4 is 11.6 Å². The SMILES string of the molecule is COc1cccc(C(=O)Nc2ccc(C)cc2C)c1OC. The van der Waals surface area contributed by atoms with Crippen LogP contribution in [-0.4, -0.2) is 20.1 Å². The second-order valence-corrected chi connectivity index (χ2v) is 4.81. The molecular weight excluding hydrogens is 266 g/mol. The molecule has 2 aromatic rings. The normalized spacial score (nSPS) is 10.1. The van der Waals surface area contributed by atoms with Gasteiger partial charge in [-0.15, -0.1) is 0 Å². The topological polar surface area (TPSA) is 47.6 Å². The van der Waals surface area contributed by atoms with Gasteiger partial charge in [-0.3, -0.25) is 4.79 Å².